The lowest BCUT2D eigenvalue weighted by Crippen LogP contribution is -2.43. The van der Waals surface area contributed by atoms with Crippen LogP contribution in [0.5, 0.6) is 0 Å². The molecule has 1 rings (SSSR count). The van der Waals surface area contributed by atoms with Crippen LogP contribution in [-0.4, -0.2) is 39.3 Å². The molecule has 0 fully saturated rings. The summed E-state index contributed by atoms with van der Waals surface area (Å²) >= 11 is 0. The Balaban J connectivity index is 3.32. The van der Waals surface area contributed by atoms with Gasteiger partial charge >= 0.3 is 0 Å². The molecule has 0 spiro atoms. The van der Waals surface area contributed by atoms with Gasteiger partial charge in [-0.15, -0.1) is 0 Å². The number of rotatable bonds is 7. The van der Waals surface area contributed by atoms with E-state index in [1.165, 1.54) is 18.2 Å². The largest absolute Gasteiger partial charge is 0.275 e. The molecule has 0 saturated carbocycles. The maximum absolute atomic E-state index is 12.2. The zero-order valence-electron chi connectivity index (χ0n) is 13.7. The Morgan fingerprint density at radius 1 is 1.21 bits per heavy atom. The number of benzene rings is 1. The van der Waals surface area contributed by atoms with Gasteiger partial charge in [0, 0.05) is 11.6 Å². The zero-order chi connectivity index (χ0) is 18.8. The number of nitro benzene ring substituents is 1. The van der Waals surface area contributed by atoms with Crippen LogP contribution in [0.1, 0.15) is 32.4 Å². The fourth-order valence-corrected chi connectivity index (χ4v) is 4.36. The summed E-state index contributed by atoms with van der Waals surface area (Å²) in [6.07, 6.45) is -0.792. The third-order valence-electron chi connectivity index (χ3n) is 2.60. The van der Waals surface area contributed by atoms with E-state index in [0.29, 0.717) is 0 Å². The van der Waals surface area contributed by atoms with Crippen molar-refractivity contribution in [1.82, 2.24) is 4.72 Å². The van der Waals surface area contributed by atoms with Crippen molar-refractivity contribution in [2.45, 2.75) is 32.4 Å². The maximum atomic E-state index is 12.2. The second-order valence-electron chi connectivity index (χ2n) is 6.24. The molecule has 0 saturated heterocycles. The van der Waals surface area contributed by atoms with Crippen molar-refractivity contribution in [1.29, 1.82) is 0 Å². The standard InChI is InChI=1S/C13H20N2O7S2/c1-13(2,3)14-24(20,21)9-12(22-23(4,18)19)10-7-5-6-8-11(10)15(16)17/h5-8,12,14H,9H2,1-4H3. The molecule has 9 nitrogen and oxygen atoms in total. The molecule has 1 aromatic rings. The van der Waals surface area contributed by atoms with Crippen LogP contribution in [0, 0.1) is 10.1 Å². The summed E-state index contributed by atoms with van der Waals surface area (Å²) in [6, 6.07) is 5.24. The number of nitro groups is 1. The molecule has 0 radical (unpaired) electrons. The van der Waals surface area contributed by atoms with Crippen molar-refractivity contribution in [2.24, 2.45) is 0 Å². The minimum absolute atomic E-state index is 0.132. The highest BCUT2D eigenvalue weighted by molar-refractivity contribution is 7.89. The Kier molecular flexibility index (Phi) is 6.09. The third-order valence-corrected chi connectivity index (χ3v) is 4.85. The smallest absolute Gasteiger partial charge is 0.261 e. The van der Waals surface area contributed by atoms with E-state index in [1.807, 2.05) is 0 Å². The molecular weight excluding hydrogens is 360 g/mol. The number of hydrogen-bond donors (Lipinski definition) is 1. The van der Waals surface area contributed by atoms with Gasteiger partial charge in [-0.2, -0.15) is 8.42 Å². The highest BCUT2D eigenvalue weighted by Gasteiger charge is 2.32. The Morgan fingerprint density at radius 3 is 2.21 bits per heavy atom. The predicted molar refractivity (Wildman–Crippen MR) is 88.4 cm³/mol. The quantitative estimate of drug-likeness (QED) is 0.428. The molecular formula is C13H20N2O7S2. The van der Waals surface area contributed by atoms with Gasteiger partial charge in [0.15, 0.2) is 0 Å². The topological polar surface area (TPSA) is 133 Å². The van der Waals surface area contributed by atoms with Crippen LogP contribution >= 0.6 is 0 Å². The van der Waals surface area contributed by atoms with Crippen molar-refractivity contribution < 1.29 is 25.9 Å². The molecule has 24 heavy (non-hydrogen) atoms. The SMILES string of the molecule is CC(C)(C)NS(=O)(=O)CC(OS(C)(=O)=O)c1ccccc1[N+](=O)[O-]. The van der Waals surface area contributed by atoms with E-state index < -0.39 is 48.1 Å². The Morgan fingerprint density at radius 2 is 1.75 bits per heavy atom. The second-order valence-corrected chi connectivity index (χ2v) is 9.61. The molecule has 136 valence electrons. The zero-order valence-corrected chi connectivity index (χ0v) is 15.3. The van der Waals surface area contributed by atoms with Gasteiger partial charge in [-0.25, -0.2) is 13.1 Å². The Labute approximate surface area is 141 Å². The minimum atomic E-state index is -4.04. The van der Waals surface area contributed by atoms with Crippen LogP contribution in [0.3, 0.4) is 0 Å². The van der Waals surface area contributed by atoms with Gasteiger partial charge in [0.2, 0.25) is 10.0 Å². The lowest BCUT2D eigenvalue weighted by molar-refractivity contribution is -0.386. The molecule has 0 aliphatic heterocycles. The molecule has 11 heteroatoms. The predicted octanol–water partition coefficient (Wildman–Crippen LogP) is 1.33. The van der Waals surface area contributed by atoms with Gasteiger partial charge in [0.05, 0.1) is 22.5 Å². The average molecular weight is 380 g/mol. The van der Waals surface area contributed by atoms with Gasteiger partial charge in [0.1, 0.15) is 6.10 Å². The summed E-state index contributed by atoms with van der Waals surface area (Å²) in [5.74, 6) is -0.776. The van der Waals surface area contributed by atoms with E-state index in [2.05, 4.69) is 4.72 Å². The van der Waals surface area contributed by atoms with Crippen LogP contribution in [0.25, 0.3) is 0 Å². The molecule has 1 unspecified atom stereocenters. The number of hydrogen-bond acceptors (Lipinski definition) is 7. The van der Waals surface area contributed by atoms with Crippen molar-refractivity contribution in [2.75, 3.05) is 12.0 Å². The monoisotopic (exact) mass is 380 g/mol. The maximum Gasteiger partial charge on any atom is 0.275 e. The normalized spacial score (nSPS) is 14.3. The Hall–Kier alpha value is -1.56. The van der Waals surface area contributed by atoms with E-state index in [9.17, 15) is 26.9 Å². The van der Waals surface area contributed by atoms with Crippen molar-refractivity contribution in [3.05, 3.63) is 39.9 Å². The van der Waals surface area contributed by atoms with E-state index in [-0.39, 0.29) is 5.56 Å². The summed E-state index contributed by atoms with van der Waals surface area (Å²) in [5, 5.41) is 11.1. The summed E-state index contributed by atoms with van der Waals surface area (Å²) in [6.45, 7) is 4.84. The third kappa shape index (κ3) is 6.91. The van der Waals surface area contributed by atoms with E-state index >= 15 is 0 Å². The number of para-hydroxylation sites is 1. The average Bonchev–Trinajstić information content (AvgIpc) is 2.32. The molecule has 0 heterocycles. The first-order valence-electron chi connectivity index (χ1n) is 6.83. The van der Waals surface area contributed by atoms with Gasteiger partial charge in [-0.05, 0) is 26.8 Å². The molecule has 0 bridgehead atoms. The lowest BCUT2D eigenvalue weighted by atomic mass is 10.1. The van der Waals surface area contributed by atoms with E-state index in [4.69, 9.17) is 4.18 Å². The summed E-state index contributed by atoms with van der Waals surface area (Å²) < 4.78 is 54.6. The highest BCUT2D eigenvalue weighted by Crippen LogP contribution is 2.29. The van der Waals surface area contributed by atoms with Crippen LogP contribution in [0.15, 0.2) is 24.3 Å². The van der Waals surface area contributed by atoms with Gasteiger partial charge in [-0.3, -0.25) is 14.3 Å². The molecule has 1 aromatic carbocycles. The molecule has 1 atom stereocenters. The van der Waals surface area contributed by atoms with Crippen molar-refractivity contribution in [3.8, 4) is 0 Å². The number of sulfonamides is 1. The van der Waals surface area contributed by atoms with Crippen molar-refractivity contribution >= 4 is 25.8 Å². The lowest BCUT2D eigenvalue weighted by Gasteiger charge is -2.23. The van der Waals surface area contributed by atoms with Crippen LogP contribution in [-0.2, 0) is 24.3 Å². The minimum Gasteiger partial charge on any atom is -0.261 e. The number of nitrogens with one attached hydrogen (secondary N) is 1. The first-order chi connectivity index (χ1) is 10.7. The molecule has 0 aliphatic rings. The fraction of sp³-hybridized carbons (Fsp3) is 0.538. The van der Waals surface area contributed by atoms with Gasteiger partial charge < -0.3 is 0 Å². The van der Waals surface area contributed by atoms with E-state index in [1.54, 1.807) is 20.8 Å². The number of nitrogens with zero attached hydrogens (tertiary/aromatic N) is 1. The van der Waals surface area contributed by atoms with Crippen LogP contribution in [0.2, 0.25) is 0 Å². The van der Waals surface area contributed by atoms with Crippen LogP contribution in [0.4, 0.5) is 5.69 Å². The first-order valence-corrected chi connectivity index (χ1v) is 10.3. The summed E-state index contributed by atoms with van der Waals surface area (Å²) in [5.41, 5.74) is -1.35. The molecule has 0 aliphatic carbocycles. The second kappa shape index (κ2) is 7.13. The van der Waals surface area contributed by atoms with Gasteiger partial charge in [-0.1, -0.05) is 12.1 Å². The van der Waals surface area contributed by atoms with Crippen molar-refractivity contribution in [3.63, 3.8) is 0 Å². The molecule has 0 aromatic heterocycles. The fourth-order valence-electron chi connectivity index (χ4n) is 2.01. The summed E-state index contributed by atoms with van der Waals surface area (Å²) in [7, 11) is -8.01. The first kappa shape index (κ1) is 20.5. The molecule has 0 amide bonds. The van der Waals surface area contributed by atoms with Gasteiger partial charge in [0.25, 0.3) is 15.8 Å². The van der Waals surface area contributed by atoms with Crippen LogP contribution < -0.4 is 4.72 Å². The highest BCUT2D eigenvalue weighted by atomic mass is 32.2. The summed E-state index contributed by atoms with van der Waals surface area (Å²) in [4.78, 5) is 10.4. The van der Waals surface area contributed by atoms with E-state index in [0.717, 1.165) is 12.3 Å². The molecule has 1 N–H and O–H groups in total. The Bertz CT molecular complexity index is 811.